The number of rotatable bonds is 0. The van der Waals surface area contributed by atoms with Gasteiger partial charge in [-0.15, -0.1) is 0 Å². The van der Waals surface area contributed by atoms with Gasteiger partial charge in [-0.25, -0.2) is 9.97 Å². The van der Waals surface area contributed by atoms with E-state index >= 15 is 0 Å². The summed E-state index contributed by atoms with van der Waals surface area (Å²) in [7, 11) is 0. The summed E-state index contributed by atoms with van der Waals surface area (Å²) in [6.07, 6.45) is 3.16. The van der Waals surface area contributed by atoms with Crippen molar-refractivity contribution < 1.29 is 0 Å². The summed E-state index contributed by atoms with van der Waals surface area (Å²) in [5, 5.41) is 0.344. The number of nitrogens with one attached hydrogen (secondary N) is 1. The molecule has 0 spiro atoms. The van der Waals surface area contributed by atoms with E-state index in [1.165, 1.54) is 0 Å². The van der Waals surface area contributed by atoms with Gasteiger partial charge in [-0.1, -0.05) is 0 Å². The van der Waals surface area contributed by atoms with Crippen LogP contribution in [0.1, 0.15) is 0 Å². The van der Waals surface area contributed by atoms with Crippen LogP contribution in [0.3, 0.4) is 0 Å². The number of fused-ring (bicyclic) bond motifs is 1. The van der Waals surface area contributed by atoms with Crippen LogP contribution in [0, 0.1) is 0 Å². The predicted molar refractivity (Wildman–Crippen MR) is 37.5 cm³/mol. The number of H-pyrrole nitrogens is 1. The topological polar surface area (TPSA) is 54.5 Å². The van der Waals surface area contributed by atoms with Gasteiger partial charge >= 0.3 is 0 Å². The van der Waals surface area contributed by atoms with E-state index in [4.69, 9.17) is 12.6 Å². The first-order valence-electron chi connectivity index (χ1n) is 2.69. The molecule has 0 fully saturated rings. The number of aromatic amines is 1. The van der Waals surface area contributed by atoms with Crippen molar-refractivity contribution in [2.75, 3.05) is 0 Å². The van der Waals surface area contributed by atoms with Gasteiger partial charge in [-0.2, -0.15) is 4.98 Å². The largest absolute Gasteiger partial charge is 0.329 e. The van der Waals surface area contributed by atoms with E-state index < -0.39 is 0 Å². The fourth-order valence-electron chi connectivity index (χ4n) is 0.723. The van der Waals surface area contributed by atoms with Crippen molar-refractivity contribution in [2.45, 2.75) is 5.16 Å². The molecule has 1 N–H and O–H groups in total. The van der Waals surface area contributed by atoms with Gasteiger partial charge in [0.15, 0.2) is 5.65 Å². The van der Waals surface area contributed by atoms with Crippen molar-refractivity contribution in [2.24, 2.45) is 0 Å². The lowest BCUT2D eigenvalue weighted by Gasteiger charge is -1.85. The molecule has 0 atom stereocenters. The van der Waals surface area contributed by atoms with Gasteiger partial charge in [0.2, 0.25) is 5.16 Å². The lowest BCUT2D eigenvalue weighted by molar-refractivity contribution is 1.00. The maximum atomic E-state index is 4.74. The molecule has 49 valence electrons. The molecule has 0 saturated heterocycles. The normalized spacial score (nSPS) is 10.4. The van der Waals surface area contributed by atoms with Crippen molar-refractivity contribution in [3.8, 4) is 0 Å². The van der Waals surface area contributed by atoms with E-state index in [2.05, 4.69) is 19.9 Å². The average molecular weight is 151 g/mol. The molecule has 5 heteroatoms. The van der Waals surface area contributed by atoms with Crippen LogP contribution in [0.4, 0.5) is 0 Å². The first-order chi connectivity index (χ1) is 4.86. The van der Waals surface area contributed by atoms with Crippen LogP contribution in [0.15, 0.2) is 17.7 Å². The van der Waals surface area contributed by atoms with Gasteiger partial charge in [0, 0.05) is 0 Å². The van der Waals surface area contributed by atoms with Gasteiger partial charge in [0.25, 0.3) is 0 Å². The van der Waals surface area contributed by atoms with Gasteiger partial charge in [-0.05, 0) is 12.6 Å². The Morgan fingerprint density at radius 2 is 2.30 bits per heavy atom. The highest BCUT2D eigenvalue weighted by molar-refractivity contribution is 7.80. The number of hydrogen-bond donors (Lipinski definition) is 1. The monoisotopic (exact) mass is 151 g/mol. The van der Waals surface area contributed by atoms with E-state index in [0.29, 0.717) is 10.8 Å². The van der Waals surface area contributed by atoms with Crippen molar-refractivity contribution >= 4 is 23.8 Å². The Morgan fingerprint density at radius 3 is 3.20 bits per heavy atom. The Morgan fingerprint density at radius 1 is 1.40 bits per heavy atom. The Hall–Kier alpha value is -1.23. The van der Waals surface area contributed by atoms with E-state index in [9.17, 15) is 0 Å². The summed E-state index contributed by atoms with van der Waals surface area (Å²) in [6, 6.07) is 0. The molecule has 0 bridgehead atoms. The molecule has 2 rings (SSSR count). The molecule has 2 heterocycles. The highest BCUT2D eigenvalue weighted by Gasteiger charge is 1.96. The van der Waals surface area contributed by atoms with E-state index in [0.717, 1.165) is 5.52 Å². The van der Waals surface area contributed by atoms with Gasteiger partial charge < -0.3 is 4.98 Å². The Bertz CT molecular complexity index is 355. The summed E-state index contributed by atoms with van der Waals surface area (Å²) in [5.41, 5.74) is 1.44. The van der Waals surface area contributed by atoms with Crippen molar-refractivity contribution in [3.63, 3.8) is 0 Å². The fourth-order valence-corrected chi connectivity index (χ4v) is 0.867. The Labute approximate surface area is 62.1 Å². The SMILES string of the molecule is [S]c1ncc2nc[nH]c2n1. The third kappa shape index (κ3) is 0.714. The van der Waals surface area contributed by atoms with Crippen molar-refractivity contribution in [3.05, 3.63) is 12.5 Å². The molecule has 0 aliphatic rings. The molecule has 4 nitrogen and oxygen atoms in total. The standard InChI is InChI=1S/C5H3N4S/c10-5-6-1-3-4(9-5)8-2-7-3/h1-2H,(H,6,7,8,9). The number of imidazole rings is 1. The molecule has 0 unspecified atom stereocenters. The molecule has 2 aromatic heterocycles. The second kappa shape index (κ2) is 1.88. The minimum Gasteiger partial charge on any atom is -0.329 e. The predicted octanol–water partition coefficient (Wildman–Crippen LogP) is 0.909. The van der Waals surface area contributed by atoms with E-state index in [-0.39, 0.29) is 0 Å². The number of hydrogen-bond acceptors (Lipinski definition) is 3. The highest BCUT2D eigenvalue weighted by Crippen LogP contribution is 2.05. The minimum atomic E-state index is 0.344. The van der Waals surface area contributed by atoms with Crippen LogP contribution in [0.5, 0.6) is 0 Å². The third-order valence-electron chi connectivity index (χ3n) is 1.15. The molecule has 1 radical (unpaired) electrons. The summed E-state index contributed by atoms with van der Waals surface area (Å²) in [4.78, 5) is 14.5. The first-order valence-corrected chi connectivity index (χ1v) is 3.10. The Balaban J connectivity index is 2.86. The Kier molecular flexibility index (Phi) is 1.04. The van der Waals surface area contributed by atoms with Crippen molar-refractivity contribution in [1.82, 2.24) is 19.9 Å². The number of aromatic nitrogens is 4. The molecule has 0 aliphatic heterocycles. The van der Waals surface area contributed by atoms with Crippen LogP contribution in [-0.2, 0) is 0 Å². The highest BCUT2D eigenvalue weighted by atomic mass is 32.1. The summed E-state index contributed by atoms with van der Waals surface area (Å²) in [5.74, 6) is 0. The summed E-state index contributed by atoms with van der Waals surface area (Å²) < 4.78 is 0. The van der Waals surface area contributed by atoms with Crippen LogP contribution >= 0.6 is 12.6 Å². The zero-order chi connectivity index (χ0) is 6.97. The molecule has 0 amide bonds. The first kappa shape index (κ1) is 5.55. The van der Waals surface area contributed by atoms with Gasteiger partial charge in [0.05, 0.1) is 12.5 Å². The molecule has 0 aromatic carbocycles. The second-order valence-electron chi connectivity index (χ2n) is 1.79. The molecule has 10 heavy (non-hydrogen) atoms. The summed E-state index contributed by atoms with van der Waals surface area (Å²) in [6.45, 7) is 0. The average Bonchev–Trinajstić information content (AvgIpc) is 2.33. The molecular weight excluding hydrogens is 148 g/mol. The molecule has 0 aliphatic carbocycles. The van der Waals surface area contributed by atoms with Crippen molar-refractivity contribution in [1.29, 1.82) is 0 Å². The molecular formula is C5H3N4S. The van der Waals surface area contributed by atoms with Gasteiger partial charge in [-0.3, -0.25) is 0 Å². The summed E-state index contributed by atoms with van der Waals surface area (Å²) >= 11 is 4.74. The zero-order valence-electron chi connectivity index (χ0n) is 4.90. The quantitative estimate of drug-likeness (QED) is 0.569. The maximum Gasteiger partial charge on any atom is 0.221 e. The second-order valence-corrected chi connectivity index (χ2v) is 2.15. The lowest BCUT2D eigenvalue weighted by Crippen LogP contribution is -1.82. The van der Waals surface area contributed by atoms with Crippen LogP contribution < -0.4 is 0 Å². The smallest absolute Gasteiger partial charge is 0.221 e. The molecule has 2 aromatic rings. The van der Waals surface area contributed by atoms with Gasteiger partial charge in [0.1, 0.15) is 5.52 Å². The fraction of sp³-hybridized carbons (Fsp3) is 0. The van der Waals surface area contributed by atoms with E-state index in [1.807, 2.05) is 0 Å². The zero-order valence-corrected chi connectivity index (χ0v) is 5.72. The van der Waals surface area contributed by atoms with E-state index in [1.54, 1.807) is 12.5 Å². The van der Waals surface area contributed by atoms with Crippen LogP contribution in [-0.4, -0.2) is 19.9 Å². The third-order valence-corrected chi connectivity index (χ3v) is 1.35. The number of nitrogens with zero attached hydrogens (tertiary/aromatic N) is 3. The lowest BCUT2D eigenvalue weighted by atomic mass is 10.6. The minimum absolute atomic E-state index is 0.344. The van der Waals surface area contributed by atoms with Crippen LogP contribution in [0.2, 0.25) is 0 Å². The molecule has 0 saturated carbocycles. The maximum absolute atomic E-state index is 4.74. The van der Waals surface area contributed by atoms with Crippen LogP contribution in [0.25, 0.3) is 11.2 Å².